The van der Waals surface area contributed by atoms with E-state index in [0.29, 0.717) is 5.69 Å². The number of methoxy groups -OCH3 is 1. The first-order valence-corrected chi connectivity index (χ1v) is 5.50. The Morgan fingerprint density at radius 1 is 1.28 bits per heavy atom. The van der Waals surface area contributed by atoms with E-state index >= 15 is 0 Å². The molecule has 0 aliphatic carbocycles. The van der Waals surface area contributed by atoms with E-state index in [9.17, 15) is 14.4 Å². The third-order valence-corrected chi connectivity index (χ3v) is 3.11. The van der Waals surface area contributed by atoms with Gasteiger partial charge in [0.1, 0.15) is 0 Å². The number of hydrogen-bond acceptors (Lipinski definition) is 4. The lowest BCUT2D eigenvalue weighted by Crippen LogP contribution is -2.51. The number of nitrogens with zero attached hydrogens (tertiary/aromatic N) is 1. The number of rotatable bonds is 3. The van der Waals surface area contributed by atoms with Crippen molar-refractivity contribution in [3.8, 4) is 0 Å². The maximum Gasteiger partial charge on any atom is 0.275 e. The van der Waals surface area contributed by atoms with Crippen molar-refractivity contribution in [1.29, 1.82) is 0 Å². The van der Waals surface area contributed by atoms with E-state index in [1.165, 1.54) is 18.9 Å². The van der Waals surface area contributed by atoms with Gasteiger partial charge in [0.2, 0.25) is 5.78 Å². The van der Waals surface area contributed by atoms with E-state index in [1.54, 1.807) is 30.3 Å². The summed E-state index contributed by atoms with van der Waals surface area (Å²) in [4.78, 5) is 37.1. The molecule has 94 valence electrons. The molecule has 1 fully saturated rings. The SMILES string of the molecule is COC1(C(C)=O)C(=O)CN(c2ccccc2)C1=O. The van der Waals surface area contributed by atoms with Crippen LogP contribution in [0.2, 0.25) is 0 Å². The van der Waals surface area contributed by atoms with E-state index in [1.807, 2.05) is 0 Å². The normalized spacial score (nSPS) is 23.6. The van der Waals surface area contributed by atoms with Crippen molar-refractivity contribution in [3.63, 3.8) is 0 Å². The van der Waals surface area contributed by atoms with Crippen molar-refractivity contribution in [3.05, 3.63) is 30.3 Å². The molecule has 0 N–H and O–H groups in total. The summed E-state index contributed by atoms with van der Waals surface area (Å²) < 4.78 is 4.95. The molecular weight excluding hydrogens is 234 g/mol. The van der Waals surface area contributed by atoms with Crippen LogP contribution < -0.4 is 4.90 Å². The molecule has 0 bridgehead atoms. The van der Waals surface area contributed by atoms with Crippen molar-refractivity contribution in [2.45, 2.75) is 12.5 Å². The number of carbonyl (C=O) groups excluding carboxylic acids is 3. The molecule has 0 aromatic heterocycles. The molecular formula is C13H13NO4. The number of benzene rings is 1. The van der Waals surface area contributed by atoms with Crippen molar-refractivity contribution < 1.29 is 19.1 Å². The quantitative estimate of drug-likeness (QED) is 0.733. The molecule has 1 saturated heterocycles. The van der Waals surface area contributed by atoms with Crippen LogP contribution in [-0.4, -0.2) is 36.7 Å². The van der Waals surface area contributed by atoms with Crippen molar-refractivity contribution in [2.24, 2.45) is 0 Å². The number of para-hydroxylation sites is 1. The summed E-state index contributed by atoms with van der Waals surface area (Å²) in [5.74, 6) is -1.72. The second-order valence-electron chi connectivity index (χ2n) is 4.09. The van der Waals surface area contributed by atoms with Crippen molar-refractivity contribution in [2.75, 3.05) is 18.6 Å². The van der Waals surface area contributed by atoms with Crippen molar-refractivity contribution >= 4 is 23.2 Å². The van der Waals surface area contributed by atoms with E-state index in [-0.39, 0.29) is 6.54 Å². The Morgan fingerprint density at radius 2 is 1.89 bits per heavy atom. The fourth-order valence-electron chi connectivity index (χ4n) is 2.14. The average Bonchev–Trinajstić information content (AvgIpc) is 2.63. The number of anilines is 1. The number of ether oxygens (including phenoxy) is 1. The minimum Gasteiger partial charge on any atom is -0.355 e. The smallest absolute Gasteiger partial charge is 0.275 e. The van der Waals surface area contributed by atoms with Gasteiger partial charge in [0, 0.05) is 12.8 Å². The Labute approximate surface area is 104 Å². The lowest BCUT2D eigenvalue weighted by Gasteiger charge is -2.21. The highest BCUT2D eigenvalue weighted by molar-refractivity contribution is 6.36. The number of hydrogen-bond donors (Lipinski definition) is 0. The molecule has 1 aromatic carbocycles. The highest BCUT2D eigenvalue weighted by atomic mass is 16.5. The van der Waals surface area contributed by atoms with E-state index < -0.39 is 23.1 Å². The Morgan fingerprint density at radius 3 is 2.33 bits per heavy atom. The zero-order valence-corrected chi connectivity index (χ0v) is 10.2. The first-order chi connectivity index (χ1) is 8.54. The minimum atomic E-state index is -1.96. The molecule has 2 rings (SSSR count). The third kappa shape index (κ3) is 1.55. The summed E-state index contributed by atoms with van der Waals surface area (Å²) in [5.41, 5.74) is -1.38. The van der Waals surface area contributed by atoms with Gasteiger partial charge in [-0.05, 0) is 19.1 Å². The van der Waals surface area contributed by atoms with Gasteiger partial charge in [-0.1, -0.05) is 18.2 Å². The summed E-state index contributed by atoms with van der Waals surface area (Å²) >= 11 is 0. The number of carbonyl (C=O) groups is 3. The molecule has 1 aliphatic rings. The van der Waals surface area contributed by atoms with Crippen LogP contribution in [0.3, 0.4) is 0 Å². The zero-order chi connectivity index (χ0) is 13.3. The fraction of sp³-hybridized carbons (Fsp3) is 0.308. The van der Waals surface area contributed by atoms with Crippen LogP contribution in [-0.2, 0) is 19.1 Å². The number of amides is 1. The maximum atomic E-state index is 12.3. The predicted octanol–water partition coefficient (Wildman–Crippen LogP) is 0.576. The van der Waals surface area contributed by atoms with Crippen LogP contribution in [0.15, 0.2) is 30.3 Å². The standard InChI is InChI=1S/C13H13NO4/c1-9(15)13(18-2)11(16)8-14(12(13)17)10-6-4-3-5-7-10/h3-7H,8H2,1-2H3. The lowest BCUT2D eigenvalue weighted by molar-refractivity contribution is -0.156. The van der Waals surface area contributed by atoms with Gasteiger partial charge in [0.05, 0.1) is 6.54 Å². The van der Waals surface area contributed by atoms with Gasteiger partial charge in [0.15, 0.2) is 5.78 Å². The first-order valence-electron chi connectivity index (χ1n) is 5.50. The van der Waals surface area contributed by atoms with Crippen LogP contribution in [0, 0.1) is 0 Å². The first kappa shape index (κ1) is 12.4. The summed E-state index contributed by atoms with van der Waals surface area (Å²) in [7, 11) is 1.20. The van der Waals surface area contributed by atoms with Crippen molar-refractivity contribution in [1.82, 2.24) is 0 Å². The monoisotopic (exact) mass is 247 g/mol. The van der Waals surface area contributed by atoms with Gasteiger partial charge in [0.25, 0.3) is 11.5 Å². The van der Waals surface area contributed by atoms with Crippen LogP contribution in [0.25, 0.3) is 0 Å². The molecule has 1 aromatic rings. The van der Waals surface area contributed by atoms with Gasteiger partial charge in [-0.15, -0.1) is 0 Å². The van der Waals surface area contributed by atoms with Crippen LogP contribution in [0.5, 0.6) is 0 Å². The van der Waals surface area contributed by atoms with Gasteiger partial charge in [-0.2, -0.15) is 0 Å². The summed E-state index contributed by atoms with van der Waals surface area (Å²) in [5, 5.41) is 0. The molecule has 1 atom stereocenters. The molecule has 0 spiro atoms. The molecule has 0 saturated carbocycles. The minimum absolute atomic E-state index is 0.143. The molecule has 0 radical (unpaired) electrons. The highest BCUT2D eigenvalue weighted by Gasteiger charge is 2.58. The van der Waals surface area contributed by atoms with Crippen LogP contribution >= 0.6 is 0 Å². The topological polar surface area (TPSA) is 63.7 Å². The van der Waals surface area contributed by atoms with E-state index in [0.717, 1.165) is 0 Å². The third-order valence-electron chi connectivity index (χ3n) is 3.11. The van der Waals surface area contributed by atoms with Gasteiger partial charge < -0.3 is 9.64 Å². The fourth-order valence-corrected chi connectivity index (χ4v) is 2.14. The Balaban J connectivity index is 2.44. The predicted molar refractivity (Wildman–Crippen MR) is 64.2 cm³/mol. The molecule has 5 heteroatoms. The second kappa shape index (κ2) is 4.34. The Kier molecular flexibility index (Phi) is 3.00. The Bertz CT molecular complexity index is 511. The second-order valence-corrected chi connectivity index (χ2v) is 4.09. The molecule has 18 heavy (non-hydrogen) atoms. The van der Waals surface area contributed by atoms with Crippen LogP contribution in [0.4, 0.5) is 5.69 Å². The highest BCUT2D eigenvalue weighted by Crippen LogP contribution is 2.28. The molecule has 5 nitrogen and oxygen atoms in total. The van der Waals surface area contributed by atoms with Crippen LogP contribution in [0.1, 0.15) is 6.92 Å². The van der Waals surface area contributed by atoms with Gasteiger partial charge in [-0.25, -0.2) is 0 Å². The van der Waals surface area contributed by atoms with E-state index in [4.69, 9.17) is 4.74 Å². The Hall–Kier alpha value is -2.01. The zero-order valence-electron chi connectivity index (χ0n) is 10.2. The summed E-state index contributed by atoms with van der Waals surface area (Å²) in [6.45, 7) is 1.05. The van der Waals surface area contributed by atoms with E-state index in [2.05, 4.69) is 0 Å². The molecule has 1 aliphatic heterocycles. The molecule has 1 unspecified atom stereocenters. The molecule has 1 heterocycles. The summed E-state index contributed by atoms with van der Waals surface area (Å²) in [6, 6.07) is 8.73. The summed E-state index contributed by atoms with van der Waals surface area (Å²) in [6.07, 6.45) is 0. The number of Topliss-reactive ketones (excluding diaryl/α,β-unsaturated/α-hetero) is 2. The van der Waals surface area contributed by atoms with Gasteiger partial charge in [-0.3, -0.25) is 14.4 Å². The van der Waals surface area contributed by atoms with Gasteiger partial charge >= 0.3 is 0 Å². The lowest BCUT2D eigenvalue weighted by atomic mass is 9.96. The number of ketones is 2. The largest absolute Gasteiger partial charge is 0.355 e. The average molecular weight is 247 g/mol. The maximum absolute atomic E-state index is 12.3. The molecule has 1 amide bonds.